The molecule has 0 aliphatic rings. The summed E-state index contributed by atoms with van der Waals surface area (Å²) in [4.78, 5) is 9.34. The quantitative estimate of drug-likeness (QED) is 0.257. The molecule has 0 spiro atoms. The van der Waals surface area contributed by atoms with E-state index in [-0.39, 0.29) is 12.4 Å². The van der Waals surface area contributed by atoms with E-state index in [1.165, 1.54) is 0 Å². The van der Waals surface area contributed by atoms with Crippen molar-refractivity contribution in [3.8, 4) is 33.6 Å². The Morgan fingerprint density at radius 2 is 1.10 bits per heavy atom. The van der Waals surface area contributed by atoms with Crippen LogP contribution >= 0.6 is 47.2 Å². The molecule has 3 aromatic carbocycles. The van der Waals surface area contributed by atoms with Crippen LogP contribution in [0.25, 0.3) is 39.4 Å². The van der Waals surface area contributed by atoms with Gasteiger partial charge >= 0.3 is 0 Å². The van der Waals surface area contributed by atoms with Gasteiger partial charge in [0.1, 0.15) is 0 Å². The van der Waals surface area contributed by atoms with Crippen molar-refractivity contribution in [3.05, 3.63) is 100 Å². The molecule has 0 aliphatic carbocycles. The highest BCUT2D eigenvalue weighted by Crippen LogP contribution is 2.40. The van der Waals surface area contributed by atoms with Gasteiger partial charge in [0.05, 0.1) is 11.4 Å². The predicted molar refractivity (Wildman–Crippen MR) is 132 cm³/mol. The van der Waals surface area contributed by atoms with Gasteiger partial charge in [-0.25, -0.2) is 9.97 Å². The molecule has 0 saturated carbocycles. The summed E-state index contributed by atoms with van der Waals surface area (Å²) in [6, 6.07) is 23.2. The average Bonchev–Trinajstić information content (AvgIpc) is 3.23. The van der Waals surface area contributed by atoms with Crippen molar-refractivity contribution in [1.29, 1.82) is 0 Å². The second kappa shape index (κ2) is 8.89. The van der Waals surface area contributed by atoms with Crippen LogP contribution in [0.4, 0.5) is 0 Å². The fourth-order valence-electron chi connectivity index (χ4n) is 3.54. The second-order valence-corrected chi connectivity index (χ2v) is 8.11. The van der Waals surface area contributed by atoms with Crippen LogP contribution in [0.3, 0.4) is 0 Å². The van der Waals surface area contributed by atoms with E-state index in [0.29, 0.717) is 20.8 Å². The molecule has 0 amide bonds. The molecule has 31 heavy (non-hydrogen) atoms. The minimum atomic E-state index is 0. The Morgan fingerprint density at radius 1 is 0.613 bits per heavy atom. The number of hydrogen-bond donors (Lipinski definition) is 0. The molecule has 5 aromatic rings. The third-order valence-electron chi connectivity index (χ3n) is 4.92. The summed E-state index contributed by atoms with van der Waals surface area (Å²) in [6.45, 7) is 0. The molecule has 0 bridgehead atoms. The lowest BCUT2D eigenvalue weighted by Gasteiger charge is -2.17. The van der Waals surface area contributed by atoms with E-state index in [0.717, 1.165) is 33.6 Å². The first-order valence-corrected chi connectivity index (χ1v) is 10.4. The summed E-state index contributed by atoms with van der Waals surface area (Å²) >= 11 is 18.4. The smallest absolute Gasteiger partial charge is 0.234 e. The van der Waals surface area contributed by atoms with Gasteiger partial charge in [-0.05, 0) is 47.5 Å². The molecule has 5 rings (SSSR count). The maximum atomic E-state index is 6.16. The molecule has 0 atom stereocenters. The fourth-order valence-corrected chi connectivity index (χ4v) is 3.92. The standard InChI is InChI=1S/C24H14Cl3N3.ClH/c25-18-7-1-15(2-8-18)21-22(16-3-9-19(26)10-4-16)29-24-28-13-14-30(24)23(21)17-5-11-20(27)12-6-17;/h1-14H;1H. The van der Waals surface area contributed by atoms with Crippen molar-refractivity contribution in [2.45, 2.75) is 0 Å². The highest BCUT2D eigenvalue weighted by Gasteiger charge is 2.20. The van der Waals surface area contributed by atoms with Crippen LogP contribution < -0.4 is 0 Å². The molecule has 2 heterocycles. The number of fused-ring (bicyclic) bond motifs is 1. The maximum Gasteiger partial charge on any atom is 0.234 e. The maximum absolute atomic E-state index is 6.16. The van der Waals surface area contributed by atoms with E-state index >= 15 is 0 Å². The van der Waals surface area contributed by atoms with Crippen molar-refractivity contribution in [2.24, 2.45) is 0 Å². The highest BCUT2D eigenvalue weighted by molar-refractivity contribution is 6.31. The zero-order valence-electron chi connectivity index (χ0n) is 16.0. The number of rotatable bonds is 3. The van der Waals surface area contributed by atoms with Gasteiger partial charge in [0, 0.05) is 38.6 Å². The van der Waals surface area contributed by atoms with E-state index in [1.54, 1.807) is 6.20 Å². The largest absolute Gasteiger partial charge is 0.283 e. The first-order chi connectivity index (χ1) is 14.6. The van der Waals surface area contributed by atoms with Gasteiger partial charge in [0.15, 0.2) is 0 Å². The van der Waals surface area contributed by atoms with Crippen molar-refractivity contribution >= 4 is 53.0 Å². The highest BCUT2D eigenvalue weighted by atomic mass is 35.5. The number of halogens is 4. The van der Waals surface area contributed by atoms with E-state index < -0.39 is 0 Å². The molecule has 0 unspecified atom stereocenters. The van der Waals surface area contributed by atoms with E-state index in [9.17, 15) is 0 Å². The van der Waals surface area contributed by atoms with Crippen molar-refractivity contribution in [2.75, 3.05) is 0 Å². The lowest BCUT2D eigenvalue weighted by atomic mass is 9.94. The third-order valence-corrected chi connectivity index (χ3v) is 5.67. The van der Waals surface area contributed by atoms with Gasteiger partial charge in [-0.1, -0.05) is 71.2 Å². The van der Waals surface area contributed by atoms with Crippen LogP contribution in [-0.4, -0.2) is 14.4 Å². The lowest BCUT2D eigenvalue weighted by molar-refractivity contribution is 1.12. The molecule has 2 aromatic heterocycles. The third kappa shape index (κ3) is 4.15. The predicted octanol–water partition coefficient (Wildman–Crippen LogP) is 8.11. The normalized spacial score (nSPS) is 10.8. The van der Waals surface area contributed by atoms with E-state index in [1.807, 2.05) is 83.4 Å². The number of benzene rings is 3. The summed E-state index contributed by atoms with van der Waals surface area (Å²) < 4.78 is 1.99. The molecule has 0 aliphatic heterocycles. The van der Waals surface area contributed by atoms with Crippen LogP contribution in [0, 0.1) is 0 Å². The van der Waals surface area contributed by atoms with Crippen LogP contribution in [0.2, 0.25) is 15.1 Å². The average molecular weight is 487 g/mol. The van der Waals surface area contributed by atoms with Crippen LogP contribution in [-0.2, 0) is 0 Å². The van der Waals surface area contributed by atoms with Gasteiger partial charge in [0.25, 0.3) is 0 Å². The van der Waals surface area contributed by atoms with Gasteiger partial charge in [0.2, 0.25) is 5.78 Å². The zero-order chi connectivity index (χ0) is 20.7. The summed E-state index contributed by atoms with van der Waals surface area (Å²) in [5.41, 5.74) is 5.72. The number of aromatic nitrogens is 3. The Kier molecular flexibility index (Phi) is 6.22. The minimum Gasteiger partial charge on any atom is -0.283 e. The Labute approximate surface area is 200 Å². The lowest BCUT2D eigenvalue weighted by Crippen LogP contribution is -2.02. The van der Waals surface area contributed by atoms with Crippen LogP contribution in [0.5, 0.6) is 0 Å². The monoisotopic (exact) mass is 485 g/mol. The molecule has 154 valence electrons. The topological polar surface area (TPSA) is 30.2 Å². The molecular formula is C24H15Cl4N3. The van der Waals surface area contributed by atoms with E-state index in [2.05, 4.69) is 4.98 Å². The molecular weight excluding hydrogens is 472 g/mol. The Balaban J connectivity index is 0.00000231. The number of imidazole rings is 1. The summed E-state index contributed by atoms with van der Waals surface area (Å²) in [6.07, 6.45) is 3.66. The summed E-state index contributed by atoms with van der Waals surface area (Å²) in [5.74, 6) is 0.614. The molecule has 7 heteroatoms. The summed E-state index contributed by atoms with van der Waals surface area (Å²) in [5, 5.41) is 2.03. The Morgan fingerprint density at radius 3 is 1.65 bits per heavy atom. The van der Waals surface area contributed by atoms with Gasteiger partial charge in [-0.3, -0.25) is 4.40 Å². The van der Waals surface area contributed by atoms with Gasteiger partial charge in [-0.15, -0.1) is 12.4 Å². The molecule has 0 saturated heterocycles. The number of hydrogen-bond acceptors (Lipinski definition) is 2. The first-order valence-electron chi connectivity index (χ1n) is 9.25. The minimum absolute atomic E-state index is 0. The summed E-state index contributed by atoms with van der Waals surface area (Å²) in [7, 11) is 0. The first kappa shape index (κ1) is 21.7. The van der Waals surface area contributed by atoms with Gasteiger partial charge < -0.3 is 0 Å². The molecule has 0 N–H and O–H groups in total. The van der Waals surface area contributed by atoms with Crippen LogP contribution in [0.15, 0.2) is 85.2 Å². The SMILES string of the molecule is Cl.Clc1ccc(-c2nc3nccn3c(-c3ccc(Cl)cc3)c2-c2ccc(Cl)cc2)cc1. The molecule has 3 nitrogen and oxygen atoms in total. The van der Waals surface area contributed by atoms with Crippen molar-refractivity contribution < 1.29 is 0 Å². The fraction of sp³-hybridized carbons (Fsp3) is 0. The van der Waals surface area contributed by atoms with E-state index in [4.69, 9.17) is 39.8 Å². The van der Waals surface area contributed by atoms with Gasteiger partial charge in [-0.2, -0.15) is 0 Å². The number of nitrogens with zero attached hydrogens (tertiary/aromatic N) is 3. The van der Waals surface area contributed by atoms with Crippen molar-refractivity contribution in [3.63, 3.8) is 0 Å². The molecule has 0 fully saturated rings. The molecule has 0 radical (unpaired) electrons. The Hall–Kier alpha value is -2.56. The Bertz CT molecular complexity index is 1340. The van der Waals surface area contributed by atoms with Crippen LogP contribution in [0.1, 0.15) is 0 Å². The van der Waals surface area contributed by atoms with Crippen molar-refractivity contribution in [1.82, 2.24) is 14.4 Å². The second-order valence-electron chi connectivity index (χ2n) is 6.80. The zero-order valence-corrected chi connectivity index (χ0v) is 19.1.